The molecular formula is C20H19NO4. The fraction of sp³-hybridized carbons (Fsp3) is 0.300. The SMILES string of the molecule is COc1cc2c3c(c(=O)n(Cc4ccccc4)c2oc1=O)CCCC3. The van der Waals surface area contributed by atoms with Gasteiger partial charge in [0.05, 0.1) is 13.7 Å². The van der Waals surface area contributed by atoms with E-state index in [4.69, 9.17) is 9.15 Å². The average molecular weight is 337 g/mol. The maximum Gasteiger partial charge on any atom is 0.380 e. The maximum atomic E-state index is 13.1. The van der Waals surface area contributed by atoms with Gasteiger partial charge in [-0.05, 0) is 36.8 Å². The minimum absolute atomic E-state index is 0.0561. The summed E-state index contributed by atoms with van der Waals surface area (Å²) in [6.45, 7) is 0.374. The highest BCUT2D eigenvalue weighted by Crippen LogP contribution is 2.28. The first kappa shape index (κ1) is 15.7. The van der Waals surface area contributed by atoms with Crippen LogP contribution in [0.2, 0.25) is 0 Å². The van der Waals surface area contributed by atoms with E-state index in [-0.39, 0.29) is 11.3 Å². The Kier molecular flexibility index (Phi) is 3.92. The van der Waals surface area contributed by atoms with Gasteiger partial charge in [-0.1, -0.05) is 30.3 Å². The van der Waals surface area contributed by atoms with Crippen LogP contribution in [0.15, 0.2) is 50.4 Å². The highest BCUT2D eigenvalue weighted by Gasteiger charge is 2.22. The molecule has 1 aromatic carbocycles. The Bertz CT molecular complexity index is 1050. The largest absolute Gasteiger partial charge is 0.490 e. The van der Waals surface area contributed by atoms with Gasteiger partial charge in [0.2, 0.25) is 11.5 Å². The summed E-state index contributed by atoms with van der Waals surface area (Å²) in [6.07, 6.45) is 3.63. The number of fused-ring (bicyclic) bond motifs is 3. The van der Waals surface area contributed by atoms with Crippen molar-refractivity contribution in [3.63, 3.8) is 0 Å². The fourth-order valence-corrected chi connectivity index (χ4v) is 3.61. The molecule has 0 saturated heterocycles. The van der Waals surface area contributed by atoms with Gasteiger partial charge in [-0.25, -0.2) is 4.79 Å². The molecule has 2 heterocycles. The molecule has 1 aliphatic rings. The number of hydrogen-bond acceptors (Lipinski definition) is 4. The van der Waals surface area contributed by atoms with Gasteiger partial charge in [0.25, 0.3) is 5.56 Å². The van der Waals surface area contributed by atoms with Gasteiger partial charge >= 0.3 is 5.63 Å². The van der Waals surface area contributed by atoms with E-state index in [2.05, 4.69) is 0 Å². The first-order valence-electron chi connectivity index (χ1n) is 8.49. The molecule has 0 atom stereocenters. The summed E-state index contributed by atoms with van der Waals surface area (Å²) in [4.78, 5) is 25.2. The van der Waals surface area contributed by atoms with E-state index in [1.165, 1.54) is 7.11 Å². The molecule has 0 radical (unpaired) electrons. The normalized spacial score (nSPS) is 13.6. The lowest BCUT2D eigenvalue weighted by Gasteiger charge is -2.20. The number of benzene rings is 1. The molecule has 0 spiro atoms. The Hall–Kier alpha value is -2.82. The number of rotatable bonds is 3. The Balaban J connectivity index is 2.04. The lowest BCUT2D eigenvalue weighted by molar-refractivity contribution is 0.381. The van der Waals surface area contributed by atoms with Crippen LogP contribution in [0.1, 0.15) is 29.5 Å². The predicted molar refractivity (Wildman–Crippen MR) is 95.5 cm³/mol. The molecule has 0 N–H and O–H groups in total. The highest BCUT2D eigenvalue weighted by molar-refractivity contribution is 5.80. The van der Waals surface area contributed by atoms with Crippen LogP contribution < -0.4 is 15.9 Å². The van der Waals surface area contributed by atoms with Crippen LogP contribution in [-0.2, 0) is 19.4 Å². The Morgan fingerprint density at radius 2 is 1.80 bits per heavy atom. The summed E-state index contributed by atoms with van der Waals surface area (Å²) in [5, 5.41) is 0.807. The number of aryl methyl sites for hydroxylation is 1. The summed E-state index contributed by atoms with van der Waals surface area (Å²) in [6, 6.07) is 11.4. The lowest BCUT2D eigenvalue weighted by atomic mass is 9.90. The van der Waals surface area contributed by atoms with Crippen LogP contribution >= 0.6 is 0 Å². The molecule has 5 heteroatoms. The van der Waals surface area contributed by atoms with E-state index in [1.807, 2.05) is 30.3 Å². The van der Waals surface area contributed by atoms with Crippen LogP contribution in [0.5, 0.6) is 5.75 Å². The van der Waals surface area contributed by atoms with Crippen molar-refractivity contribution in [2.45, 2.75) is 32.2 Å². The van der Waals surface area contributed by atoms with Gasteiger partial charge in [0, 0.05) is 17.0 Å². The Labute approximate surface area is 144 Å². The molecule has 0 bridgehead atoms. The molecular weight excluding hydrogens is 318 g/mol. The van der Waals surface area contributed by atoms with Gasteiger partial charge in [-0.15, -0.1) is 0 Å². The summed E-state index contributed by atoms with van der Waals surface area (Å²) in [5.74, 6) is 0.171. The van der Waals surface area contributed by atoms with Crippen LogP contribution in [-0.4, -0.2) is 11.7 Å². The molecule has 0 aliphatic heterocycles. The van der Waals surface area contributed by atoms with Crippen LogP contribution in [0.25, 0.3) is 11.1 Å². The standard InChI is InChI=1S/C20H19NO4/c1-24-17-11-16-14-9-5-6-10-15(14)18(22)21(19(16)25-20(17)23)12-13-7-3-2-4-8-13/h2-4,7-8,11H,5-6,9-10,12H2,1H3. The van der Waals surface area contributed by atoms with Crippen molar-refractivity contribution < 1.29 is 9.15 Å². The maximum absolute atomic E-state index is 13.1. The summed E-state index contributed by atoms with van der Waals surface area (Å²) < 4.78 is 12.2. The number of nitrogens with zero attached hydrogens (tertiary/aromatic N) is 1. The van der Waals surface area contributed by atoms with Crippen molar-refractivity contribution in [2.75, 3.05) is 7.11 Å². The summed E-state index contributed by atoms with van der Waals surface area (Å²) >= 11 is 0. The van der Waals surface area contributed by atoms with E-state index >= 15 is 0 Å². The number of pyridine rings is 1. The van der Waals surface area contributed by atoms with E-state index in [9.17, 15) is 9.59 Å². The van der Waals surface area contributed by atoms with Crippen LogP contribution in [0.3, 0.4) is 0 Å². The molecule has 1 aliphatic carbocycles. The highest BCUT2D eigenvalue weighted by atomic mass is 16.5. The van der Waals surface area contributed by atoms with Crippen molar-refractivity contribution in [3.05, 3.63) is 73.9 Å². The number of aromatic nitrogens is 1. The molecule has 2 aromatic heterocycles. The van der Waals surface area contributed by atoms with E-state index in [1.54, 1.807) is 10.6 Å². The minimum Gasteiger partial charge on any atom is -0.490 e. The van der Waals surface area contributed by atoms with E-state index in [0.717, 1.165) is 47.8 Å². The molecule has 128 valence electrons. The van der Waals surface area contributed by atoms with Crippen molar-refractivity contribution >= 4 is 11.1 Å². The quantitative estimate of drug-likeness (QED) is 0.737. The smallest absolute Gasteiger partial charge is 0.380 e. The third-order valence-corrected chi connectivity index (χ3v) is 4.84. The second-order valence-electron chi connectivity index (χ2n) is 6.36. The molecule has 0 unspecified atom stereocenters. The third-order valence-electron chi connectivity index (χ3n) is 4.84. The monoisotopic (exact) mass is 337 g/mol. The van der Waals surface area contributed by atoms with Crippen molar-refractivity contribution in [2.24, 2.45) is 0 Å². The van der Waals surface area contributed by atoms with E-state index in [0.29, 0.717) is 12.3 Å². The number of ether oxygens (including phenoxy) is 1. The van der Waals surface area contributed by atoms with Gasteiger partial charge < -0.3 is 9.15 Å². The number of methoxy groups -OCH3 is 1. The van der Waals surface area contributed by atoms with Crippen LogP contribution in [0, 0.1) is 0 Å². The molecule has 3 aromatic rings. The first-order chi connectivity index (χ1) is 12.2. The summed E-state index contributed by atoms with van der Waals surface area (Å²) in [7, 11) is 1.45. The van der Waals surface area contributed by atoms with Crippen molar-refractivity contribution in [1.82, 2.24) is 4.57 Å². The lowest BCUT2D eigenvalue weighted by Crippen LogP contribution is -2.29. The minimum atomic E-state index is -0.563. The average Bonchev–Trinajstić information content (AvgIpc) is 2.65. The third kappa shape index (κ3) is 2.65. The van der Waals surface area contributed by atoms with Crippen molar-refractivity contribution in [1.29, 1.82) is 0 Å². The molecule has 4 rings (SSSR count). The Morgan fingerprint density at radius 3 is 2.52 bits per heavy atom. The number of hydrogen-bond donors (Lipinski definition) is 0. The molecule has 0 fully saturated rings. The second-order valence-corrected chi connectivity index (χ2v) is 6.36. The zero-order chi connectivity index (χ0) is 17.4. The van der Waals surface area contributed by atoms with E-state index < -0.39 is 5.63 Å². The van der Waals surface area contributed by atoms with Crippen molar-refractivity contribution in [3.8, 4) is 5.75 Å². The van der Waals surface area contributed by atoms with Gasteiger partial charge in [-0.2, -0.15) is 0 Å². The summed E-state index contributed by atoms with van der Waals surface area (Å²) in [5.41, 5.74) is 2.54. The molecule has 0 amide bonds. The van der Waals surface area contributed by atoms with Gasteiger partial charge in [0.1, 0.15) is 0 Å². The Morgan fingerprint density at radius 1 is 1.08 bits per heavy atom. The van der Waals surface area contributed by atoms with Gasteiger partial charge in [0.15, 0.2) is 0 Å². The topological polar surface area (TPSA) is 61.4 Å². The molecule has 0 saturated carbocycles. The van der Waals surface area contributed by atoms with Crippen LogP contribution in [0.4, 0.5) is 0 Å². The molecule has 25 heavy (non-hydrogen) atoms. The second kappa shape index (κ2) is 6.24. The predicted octanol–water partition coefficient (Wildman–Crippen LogP) is 2.89. The fourth-order valence-electron chi connectivity index (χ4n) is 3.61. The van der Waals surface area contributed by atoms with Gasteiger partial charge in [-0.3, -0.25) is 9.36 Å². The zero-order valence-corrected chi connectivity index (χ0v) is 14.1. The zero-order valence-electron chi connectivity index (χ0n) is 14.1. The molecule has 5 nitrogen and oxygen atoms in total. The first-order valence-corrected chi connectivity index (χ1v) is 8.49.